The predicted octanol–water partition coefficient (Wildman–Crippen LogP) is 6.19. The number of methoxy groups -OCH3 is 2. The van der Waals surface area contributed by atoms with Crippen LogP contribution in [0, 0.1) is 6.57 Å². The van der Waals surface area contributed by atoms with Gasteiger partial charge in [0.15, 0.2) is 0 Å². The number of rotatable bonds is 7. The zero-order valence-corrected chi connectivity index (χ0v) is 20.4. The van der Waals surface area contributed by atoms with Gasteiger partial charge in [-0.1, -0.05) is 0 Å². The van der Waals surface area contributed by atoms with Crippen LogP contribution in [0.3, 0.4) is 0 Å². The SMILES string of the molecule is [C-]#[N+]Cc1c(OC)ccc2c1Sc1c(ccc(OC)c1C[N]=[Pt])C2Cc1ccccc1. The molecule has 4 nitrogen and oxygen atoms in total. The molecule has 0 saturated carbocycles. The van der Waals surface area contributed by atoms with E-state index in [1.807, 2.05) is 31.8 Å². The van der Waals surface area contributed by atoms with Crippen molar-refractivity contribution >= 4 is 11.8 Å². The van der Waals surface area contributed by atoms with Crippen molar-refractivity contribution < 1.29 is 29.1 Å². The third kappa shape index (κ3) is 4.20. The Morgan fingerprint density at radius 3 is 2.13 bits per heavy atom. The molecule has 0 bridgehead atoms. The minimum absolute atomic E-state index is 0.183. The zero-order chi connectivity index (χ0) is 21.8. The molecular weight excluding hydrogens is 587 g/mol. The van der Waals surface area contributed by atoms with Gasteiger partial charge in [0, 0.05) is 0 Å². The first-order valence-corrected chi connectivity index (χ1v) is 11.7. The monoisotopic (exact) mass is 609 g/mol. The van der Waals surface area contributed by atoms with Gasteiger partial charge in [-0.25, -0.2) is 0 Å². The van der Waals surface area contributed by atoms with Gasteiger partial charge in [0.1, 0.15) is 0 Å². The Morgan fingerprint density at radius 2 is 1.55 bits per heavy atom. The maximum atomic E-state index is 7.50. The van der Waals surface area contributed by atoms with Crippen LogP contribution in [-0.4, -0.2) is 14.2 Å². The molecule has 0 aromatic heterocycles. The number of hydrogen-bond acceptors (Lipinski definition) is 4. The van der Waals surface area contributed by atoms with E-state index in [4.69, 9.17) is 16.0 Å². The van der Waals surface area contributed by atoms with Crippen molar-refractivity contribution in [3.8, 4) is 11.5 Å². The Kier molecular flexibility index (Phi) is 6.90. The normalized spacial score (nSPS) is 14.2. The van der Waals surface area contributed by atoms with E-state index in [1.54, 1.807) is 26.0 Å². The van der Waals surface area contributed by atoms with Gasteiger partial charge < -0.3 is 0 Å². The van der Waals surface area contributed by atoms with Crippen LogP contribution in [0.5, 0.6) is 11.5 Å². The Bertz CT molecular complexity index is 1160. The van der Waals surface area contributed by atoms with Gasteiger partial charge in [0.25, 0.3) is 0 Å². The van der Waals surface area contributed by atoms with Gasteiger partial charge >= 0.3 is 199 Å². The van der Waals surface area contributed by atoms with Crippen LogP contribution in [0.15, 0.2) is 67.9 Å². The third-order valence-corrected chi connectivity index (χ3v) is 7.35. The van der Waals surface area contributed by atoms with Crippen molar-refractivity contribution in [1.29, 1.82) is 0 Å². The Labute approximate surface area is 198 Å². The molecule has 0 fully saturated rings. The number of nitrogens with zero attached hydrogens (tertiary/aromatic N) is 2. The molecule has 0 amide bonds. The summed E-state index contributed by atoms with van der Waals surface area (Å²) < 4.78 is 15.7. The van der Waals surface area contributed by atoms with Crippen LogP contribution in [0.2, 0.25) is 0 Å². The summed E-state index contributed by atoms with van der Waals surface area (Å²) in [5.74, 6) is 1.80. The third-order valence-electron chi connectivity index (χ3n) is 5.62. The average Bonchev–Trinajstić information content (AvgIpc) is 2.80. The van der Waals surface area contributed by atoms with Gasteiger partial charge in [-0.15, -0.1) is 0 Å². The standard InChI is InChI=1S/C25H22N2O2S.Pt/c1-27-15-21-23(29-3)12-10-18-19(13-16-7-5-4-6-8-16)17-9-11-22(28-2)20(14-26)24(17)30-25(18)21;/h4-12,19H,13-15H2,2-3H3;. The van der Waals surface area contributed by atoms with E-state index in [9.17, 15) is 0 Å². The van der Waals surface area contributed by atoms with Crippen molar-refractivity contribution in [3.63, 3.8) is 0 Å². The molecule has 3 aromatic rings. The fourth-order valence-electron chi connectivity index (χ4n) is 4.20. The Balaban J connectivity index is 1.95. The molecule has 1 unspecified atom stereocenters. The van der Waals surface area contributed by atoms with Crippen molar-refractivity contribution in [1.82, 2.24) is 0 Å². The van der Waals surface area contributed by atoms with E-state index in [2.05, 4.69) is 50.8 Å². The molecule has 1 heterocycles. The second-order valence-electron chi connectivity index (χ2n) is 7.25. The molecule has 1 aliphatic rings. The van der Waals surface area contributed by atoms with Crippen LogP contribution >= 0.6 is 11.8 Å². The van der Waals surface area contributed by atoms with E-state index < -0.39 is 0 Å². The summed E-state index contributed by atoms with van der Waals surface area (Å²) in [6.45, 7) is 8.37. The minimum atomic E-state index is 0.183. The van der Waals surface area contributed by atoms with Crippen molar-refractivity contribution in [2.45, 2.75) is 35.2 Å². The molecule has 4 rings (SSSR count). The predicted molar refractivity (Wildman–Crippen MR) is 119 cm³/mol. The molecule has 1 aliphatic heterocycles. The number of ether oxygens (including phenoxy) is 2. The molecule has 1 atom stereocenters. The number of hydrogen-bond donors (Lipinski definition) is 0. The molecule has 3 aromatic carbocycles. The van der Waals surface area contributed by atoms with Gasteiger partial charge in [-0.2, -0.15) is 0 Å². The van der Waals surface area contributed by atoms with Crippen LogP contribution in [0.4, 0.5) is 0 Å². The first-order chi connectivity index (χ1) is 15.2. The van der Waals surface area contributed by atoms with E-state index in [0.29, 0.717) is 13.1 Å². The van der Waals surface area contributed by atoms with Crippen LogP contribution < -0.4 is 9.47 Å². The summed E-state index contributed by atoms with van der Waals surface area (Å²) in [5, 5.41) is 0. The first kappa shape index (κ1) is 21.8. The van der Waals surface area contributed by atoms with Gasteiger partial charge in [0.05, 0.1) is 0 Å². The van der Waals surface area contributed by atoms with E-state index >= 15 is 0 Å². The van der Waals surface area contributed by atoms with E-state index in [0.717, 1.165) is 33.9 Å². The van der Waals surface area contributed by atoms with Crippen LogP contribution in [0.25, 0.3) is 4.85 Å². The van der Waals surface area contributed by atoms with Crippen molar-refractivity contribution in [3.05, 3.63) is 93.8 Å². The fraction of sp³-hybridized carbons (Fsp3) is 0.240. The topological polar surface area (TPSA) is 35.2 Å². The summed E-state index contributed by atoms with van der Waals surface area (Å²) >= 11 is 3.76. The second-order valence-corrected chi connectivity index (χ2v) is 8.99. The Hall–Kier alpha value is -2.41. The van der Waals surface area contributed by atoms with Gasteiger partial charge in [0.2, 0.25) is 0 Å². The molecule has 0 spiro atoms. The second kappa shape index (κ2) is 9.81. The van der Waals surface area contributed by atoms with E-state index in [1.165, 1.54) is 21.6 Å². The van der Waals surface area contributed by atoms with Gasteiger partial charge in [-0.05, 0) is 0 Å². The molecule has 6 heteroatoms. The van der Waals surface area contributed by atoms with Crippen molar-refractivity contribution in [2.75, 3.05) is 14.2 Å². The zero-order valence-electron chi connectivity index (χ0n) is 17.3. The first-order valence-electron chi connectivity index (χ1n) is 9.91. The summed E-state index contributed by atoms with van der Waals surface area (Å²) in [4.78, 5) is 6.01. The summed E-state index contributed by atoms with van der Waals surface area (Å²) in [5.41, 5.74) is 5.89. The average molecular weight is 610 g/mol. The molecule has 160 valence electrons. The molecule has 0 radical (unpaired) electrons. The summed E-state index contributed by atoms with van der Waals surface area (Å²) in [6.07, 6.45) is 0.887. The van der Waals surface area contributed by atoms with Crippen molar-refractivity contribution in [2.24, 2.45) is 3.50 Å². The number of benzene rings is 3. The summed E-state index contributed by atoms with van der Waals surface area (Å²) in [7, 11) is 3.37. The quantitative estimate of drug-likeness (QED) is 0.300. The maximum absolute atomic E-state index is 7.50. The fourth-order valence-corrected chi connectivity index (χ4v) is 5.99. The molecule has 0 saturated heterocycles. The molecule has 31 heavy (non-hydrogen) atoms. The van der Waals surface area contributed by atoms with Gasteiger partial charge in [-0.3, -0.25) is 0 Å². The Morgan fingerprint density at radius 1 is 0.935 bits per heavy atom. The number of fused-ring (bicyclic) bond motifs is 2. The molecule has 0 N–H and O–H groups in total. The summed E-state index contributed by atoms with van der Waals surface area (Å²) in [6, 6.07) is 19.0. The molecular formula is C25H22N2O2PtS. The van der Waals surface area contributed by atoms with Crippen LogP contribution in [0.1, 0.15) is 33.7 Å². The molecule has 0 aliphatic carbocycles. The van der Waals surface area contributed by atoms with E-state index in [-0.39, 0.29) is 5.92 Å². The van der Waals surface area contributed by atoms with Crippen LogP contribution in [-0.2, 0) is 39.1 Å².